The normalized spacial score (nSPS) is 22.2. The number of hydrogen-bond donors (Lipinski definition) is 2. The fourth-order valence-electron chi connectivity index (χ4n) is 3.44. The summed E-state index contributed by atoms with van der Waals surface area (Å²) in [6.07, 6.45) is 0.209. The van der Waals surface area contributed by atoms with Crippen molar-refractivity contribution in [1.82, 2.24) is 10.2 Å². The monoisotopic (exact) mass is 324 g/mol. The molecule has 1 aliphatic heterocycles. The molecular weight excluding hydrogens is 300 g/mol. The summed E-state index contributed by atoms with van der Waals surface area (Å²) >= 11 is 0. The van der Waals surface area contributed by atoms with Gasteiger partial charge in [0.25, 0.3) is 0 Å². The van der Waals surface area contributed by atoms with Gasteiger partial charge in [-0.15, -0.1) is 0 Å². The van der Waals surface area contributed by atoms with Crippen molar-refractivity contribution in [2.75, 3.05) is 13.6 Å². The van der Waals surface area contributed by atoms with E-state index in [4.69, 9.17) is 0 Å². The Labute approximate surface area is 143 Å². The van der Waals surface area contributed by atoms with Crippen molar-refractivity contribution >= 4 is 5.91 Å². The SMILES string of the molecule is CN1CC[C@@H](NC(=O)[C@@H](O)Cc2ccccc2)[C@@H]1c1ccccc1. The lowest BCUT2D eigenvalue weighted by molar-refractivity contribution is -0.130. The van der Waals surface area contributed by atoms with E-state index in [1.54, 1.807) is 0 Å². The second-order valence-electron chi connectivity index (χ2n) is 6.45. The van der Waals surface area contributed by atoms with E-state index in [-0.39, 0.29) is 18.0 Å². The molecule has 2 aromatic carbocycles. The van der Waals surface area contributed by atoms with Crippen LogP contribution >= 0.6 is 0 Å². The van der Waals surface area contributed by atoms with E-state index in [0.29, 0.717) is 6.42 Å². The van der Waals surface area contributed by atoms with E-state index < -0.39 is 6.10 Å². The fourth-order valence-corrected chi connectivity index (χ4v) is 3.44. The zero-order valence-electron chi connectivity index (χ0n) is 13.9. The predicted molar refractivity (Wildman–Crippen MR) is 94.5 cm³/mol. The van der Waals surface area contributed by atoms with E-state index >= 15 is 0 Å². The molecule has 1 amide bonds. The topological polar surface area (TPSA) is 52.6 Å². The Kier molecular flexibility index (Phi) is 5.28. The van der Waals surface area contributed by atoms with Gasteiger partial charge in [0.05, 0.1) is 6.04 Å². The number of nitrogens with one attached hydrogen (secondary N) is 1. The standard InChI is InChI=1S/C20H24N2O2/c1-22-13-12-17(19(22)16-10-6-3-7-11-16)21-20(24)18(23)14-15-8-4-2-5-9-15/h2-11,17-19,23H,12-14H2,1H3,(H,21,24)/t17-,18+,19+/m1/s1. The van der Waals surface area contributed by atoms with Gasteiger partial charge in [0.15, 0.2) is 0 Å². The first kappa shape index (κ1) is 16.7. The summed E-state index contributed by atoms with van der Waals surface area (Å²) in [5, 5.41) is 13.3. The highest BCUT2D eigenvalue weighted by molar-refractivity contribution is 5.81. The van der Waals surface area contributed by atoms with Gasteiger partial charge in [-0.2, -0.15) is 0 Å². The van der Waals surface area contributed by atoms with Crippen LogP contribution in [0, 0.1) is 0 Å². The first-order chi connectivity index (χ1) is 11.6. The van der Waals surface area contributed by atoms with Crippen LogP contribution in [-0.4, -0.2) is 41.7 Å². The molecule has 126 valence electrons. The highest BCUT2D eigenvalue weighted by Gasteiger charge is 2.34. The summed E-state index contributed by atoms with van der Waals surface area (Å²) < 4.78 is 0. The lowest BCUT2D eigenvalue weighted by Gasteiger charge is -2.27. The van der Waals surface area contributed by atoms with E-state index in [1.165, 1.54) is 5.56 Å². The van der Waals surface area contributed by atoms with Crippen LogP contribution in [0.3, 0.4) is 0 Å². The smallest absolute Gasteiger partial charge is 0.249 e. The Morgan fingerprint density at radius 2 is 1.79 bits per heavy atom. The number of nitrogens with zero attached hydrogens (tertiary/aromatic N) is 1. The van der Waals surface area contributed by atoms with Gasteiger partial charge >= 0.3 is 0 Å². The number of aliphatic hydroxyl groups is 1. The molecule has 0 bridgehead atoms. The van der Waals surface area contributed by atoms with Crippen LogP contribution in [0.5, 0.6) is 0 Å². The number of carbonyl (C=O) groups excluding carboxylic acids is 1. The predicted octanol–water partition coefficient (Wildman–Crippen LogP) is 2.15. The minimum atomic E-state index is -1.02. The van der Waals surface area contributed by atoms with Crippen LogP contribution in [0.1, 0.15) is 23.6 Å². The van der Waals surface area contributed by atoms with Crippen molar-refractivity contribution in [3.8, 4) is 0 Å². The van der Waals surface area contributed by atoms with Crippen molar-refractivity contribution in [2.45, 2.75) is 31.0 Å². The van der Waals surface area contributed by atoms with Gasteiger partial charge in [0, 0.05) is 19.0 Å². The van der Waals surface area contributed by atoms with Crippen molar-refractivity contribution in [3.05, 3.63) is 71.8 Å². The summed E-state index contributed by atoms with van der Waals surface area (Å²) in [5.41, 5.74) is 2.16. The first-order valence-electron chi connectivity index (χ1n) is 8.42. The molecule has 24 heavy (non-hydrogen) atoms. The molecule has 0 saturated carbocycles. The van der Waals surface area contributed by atoms with Crippen molar-refractivity contribution in [3.63, 3.8) is 0 Å². The third-order valence-electron chi connectivity index (χ3n) is 4.69. The van der Waals surface area contributed by atoms with Gasteiger partial charge in [-0.05, 0) is 24.6 Å². The zero-order chi connectivity index (χ0) is 16.9. The van der Waals surface area contributed by atoms with Crippen molar-refractivity contribution < 1.29 is 9.90 Å². The Bertz CT molecular complexity index is 660. The van der Waals surface area contributed by atoms with Crippen LogP contribution < -0.4 is 5.32 Å². The number of likely N-dealkylation sites (N-methyl/N-ethyl adjacent to an activating group) is 1. The Hall–Kier alpha value is -2.17. The summed E-state index contributed by atoms with van der Waals surface area (Å²) in [7, 11) is 2.07. The molecule has 0 radical (unpaired) electrons. The van der Waals surface area contributed by atoms with E-state index in [1.807, 2.05) is 48.5 Å². The van der Waals surface area contributed by atoms with E-state index in [2.05, 4.69) is 29.4 Å². The number of hydrogen-bond acceptors (Lipinski definition) is 3. The number of carbonyl (C=O) groups is 1. The third-order valence-corrected chi connectivity index (χ3v) is 4.69. The molecule has 0 unspecified atom stereocenters. The molecule has 4 heteroatoms. The van der Waals surface area contributed by atoms with Crippen LogP contribution in [0.25, 0.3) is 0 Å². The molecule has 3 atom stereocenters. The van der Waals surface area contributed by atoms with Crippen molar-refractivity contribution in [2.24, 2.45) is 0 Å². The van der Waals surface area contributed by atoms with Crippen LogP contribution in [0.2, 0.25) is 0 Å². The molecule has 2 aromatic rings. The second-order valence-corrected chi connectivity index (χ2v) is 6.45. The molecule has 2 N–H and O–H groups in total. The molecule has 1 heterocycles. The van der Waals surface area contributed by atoms with Gasteiger partial charge in [-0.1, -0.05) is 60.7 Å². The maximum absolute atomic E-state index is 12.4. The largest absolute Gasteiger partial charge is 0.383 e. The van der Waals surface area contributed by atoms with E-state index in [0.717, 1.165) is 18.5 Å². The van der Waals surface area contributed by atoms with Gasteiger partial charge in [-0.25, -0.2) is 0 Å². The fraction of sp³-hybridized carbons (Fsp3) is 0.350. The highest BCUT2D eigenvalue weighted by atomic mass is 16.3. The number of likely N-dealkylation sites (tertiary alicyclic amines) is 1. The Morgan fingerprint density at radius 1 is 1.17 bits per heavy atom. The summed E-state index contributed by atoms with van der Waals surface area (Å²) in [6.45, 7) is 0.930. The minimum Gasteiger partial charge on any atom is -0.383 e. The maximum Gasteiger partial charge on any atom is 0.249 e. The molecule has 4 nitrogen and oxygen atoms in total. The minimum absolute atomic E-state index is 0.0234. The lowest BCUT2D eigenvalue weighted by Crippen LogP contribution is -2.44. The van der Waals surface area contributed by atoms with Crippen molar-refractivity contribution in [1.29, 1.82) is 0 Å². The molecule has 0 spiro atoms. The molecule has 1 aliphatic rings. The summed E-state index contributed by atoms with van der Waals surface area (Å²) in [6, 6.07) is 20.0. The molecular formula is C20H24N2O2. The maximum atomic E-state index is 12.4. The van der Waals surface area contributed by atoms with Gasteiger partial charge < -0.3 is 10.4 Å². The number of rotatable bonds is 5. The Balaban J connectivity index is 1.64. The Morgan fingerprint density at radius 3 is 2.46 bits per heavy atom. The quantitative estimate of drug-likeness (QED) is 0.886. The lowest BCUT2D eigenvalue weighted by atomic mass is 9.99. The highest BCUT2D eigenvalue weighted by Crippen LogP contribution is 2.30. The van der Waals surface area contributed by atoms with Gasteiger partial charge in [0.1, 0.15) is 6.10 Å². The van der Waals surface area contributed by atoms with Gasteiger partial charge in [-0.3, -0.25) is 9.69 Å². The van der Waals surface area contributed by atoms with Crippen LogP contribution in [0.15, 0.2) is 60.7 Å². The molecule has 1 fully saturated rings. The molecule has 0 aliphatic carbocycles. The molecule has 3 rings (SSSR count). The average molecular weight is 324 g/mol. The summed E-state index contributed by atoms with van der Waals surface area (Å²) in [5.74, 6) is -0.292. The van der Waals surface area contributed by atoms with Crippen LogP contribution in [0.4, 0.5) is 0 Å². The average Bonchev–Trinajstić information content (AvgIpc) is 2.97. The van der Waals surface area contributed by atoms with Gasteiger partial charge in [0.2, 0.25) is 5.91 Å². The number of benzene rings is 2. The number of amides is 1. The molecule has 0 aromatic heterocycles. The van der Waals surface area contributed by atoms with E-state index in [9.17, 15) is 9.90 Å². The second kappa shape index (κ2) is 7.60. The van der Waals surface area contributed by atoms with Crippen LogP contribution in [-0.2, 0) is 11.2 Å². The third kappa shape index (κ3) is 3.83. The summed E-state index contributed by atoms with van der Waals surface area (Å²) in [4.78, 5) is 14.7. The first-order valence-corrected chi connectivity index (χ1v) is 8.42. The number of aliphatic hydroxyl groups excluding tert-OH is 1. The zero-order valence-corrected chi connectivity index (χ0v) is 13.9. The molecule has 1 saturated heterocycles.